The van der Waals surface area contributed by atoms with Gasteiger partial charge in [0.2, 0.25) is 0 Å². The van der Waals surface area contributed by atoms with Gasteiger partial charge in [-0.2, -0.15) is 0 Å². The molecule has 0 aliphatic rings. The van der Waals surface area contributed by atoms with Crippen LogP contribution in [-0.4, -0.2) is 33.9 Å². The molecule has 0 fully saturated rings. The van der Waals surface area contributed by atoms with Crippen LogP contribution in [0.3, 0.4) is 0 Å². The predicted molar refractivity (Wildman–Crippen MR) is 56.8 cm³/mol. The maximum atomic E-state index is 9.24. The number of rotatable bonds is 2. The zero-order chi connectivity index (χ0) is 8.57. The molecule has 0 aromatic carbocycles. The topological polar surface area (TPSA) is 215 Å². The summed E-state index contributed by atoms with van der Waals surface area (Å²) in [6, 6.07) is 0. The summed E-state index contributed by atoms with van der Waals surface area (Å²) < 4.78 is 0. The first-order valence-electron chi connectivity index (χ1n) is 2.10. The molecule has 0 rings (SSSR count). The number of carboxylic acids is 2. The average Bonchev–Trinajstić information content (AvgIpc) is 1.89. The molecule has 0 saturated heterocycles. The van der Waals surface area contributed by atoms with Gasteiger partial charge in [0.25, 0.3) is 0 Å². The summed E-state index contributed by atoms with van der Waals surface area (Å²) in [5.41, 5.74) is 0. The molecule has 0 aromatic heterocycles. The van der Waals surface area contributed by atoms with Crippen LogP contribution in [0.4, 0.5) is 0 Å². The van der Waals surface area contributed by atoms with Gasteiger partial charge in [-0.15, -0.1) is 23.2 Å². The molecule has 0 bridgehead atoms. The zero-order valence-electron chi connectivity index (χ0n) is 8.04. The molecule has 8 nitrogen and oxygen atoms in total. The third kappa shape index (κ3) is 131. The SMILES string of the molecule is N.N.N.N.O=C(O)CCl.O=C(O)CCl.[Co]. The second-order valence-electron chi connectivity index (χ2n) is 1.05. The van der Waals surface area contributed by atoms with Crippen molar-refractivity contribution in [2.24, 2.45) is 0 Å². The monoisotopic (exact) mass is 315 g/mol. The van der Waals surface area contributed by atoms with Gasteiger partial charge >= 0.3 is 11.9 Å². The van der Waals surface area contributed by atoms with E-state index < -0.39 is 11.9 Å². The van der Waals surface area contributed by atoms with Crippen LogP contribution in [0.5, 0.6) is 0 Å². The molecule has 1 radical (unpaired) electrons. The van der Waals surface area contributed by atoms with E-state index in [0.717, 1.165) is 0 Å². The van der Waals surface area contributed by atoms with Gasteiger partial charge in [0.15, 0.2) is 0 Å². The summed E-state index contributed by atoms with van der Waals surface area (Å²) in [5, 5.41) is 15.2. The van der Waals surface area contributed by atoms with Gasteiger partial charge in [-0.25, -0.2) is 0 Å². The van der Waals surface area contributed by atoms with Crippen molar-refractivity contribution < 1.29 is 36.6 Å². The molecule has 0 saturated carbocycles. The number of carboxylic acid groups (broad SMARTS) is 2. The zero-order valence-corrected chi connectivity index (χ0v) is 10.6. The van der Waals surface area contributed by atoms with Gasteiger partial charge in [-0.3, -0.25) is 9.59 Å². The van der Waals surface area contributed by atoms with E-state index in [9.17, 15) is 9.59 Å². The Balaban J connectivity index is -0.0000000128. The molecular weight excluding hydrogens is 298 g/mol. The molecule has 14 N–H and O–H groups in total. The fourth-order valence-electron chi connectivity index (χ4n) is 0. The normalized spacial score (nSPS) is 4.93. The van der Waals surface area contributed by atoms with Crippen molar-refractivity contribution in [2.75, 3.05) is 11.8 Å². The van der Waals surface area contributed by atoms with E-state index in [1.807, 2.05) is 0 Å². The van der Waals surface area contributed by atoms with Crippen molar-refractivity contribution in [3.05, 3.63) is 0 Å². The minimum atomic E-state index is -0.980. The predicted octanol–water partition coefficient (Wildman–Crippen LogP) is 1.27. The number of alkyl halides is 2. The number of halogens is 2. The average molecular weight is 316 g/mol. The van der Waals surface area contributed by atoms with Gasteiger partial charge in [0, 0.05) is 16.8 Å². The van der Waals surface area contributed by atoms with Gasteiger partial charge < -0.3 is 34.8 Å². The Morgan fingerprint density at radius 2 is 0.867 bits per heavy atom. The number of hydrogen-bond donors (Lipinski definition) is 6. The molecule has 0 spiro atoms. The van der Waals surface area contributed by atoms with Gasteiger partial charge in [-0.05, 0) is 0 Å². The Bertz CT molecular complexity index is 117. The van der Waals surface area contributed by atoms with Crippen molar-refractivity contribution in [1.29, 1.82) is 0 Å². The third-order valence-corrected chi connectivity index (χ3v) is 0.686. The maximum absolute atomic E-state index is 9.24. The summed E-state index contributed by atoms with van der Waals surface area (Å²) in [5.74, 6) is -2.57. The summed E-state index contributed by atoms with van der Waals surface area (Å²) in [6.07, 6.45) is 0. The minimum Gasteiger partial charge on any atom is -0.480 e. The molecule has 0 amide bonds. The summed E-state index contributed by atoms with van der Waals surface area (Å²) >= 11 is 9.47. The summed E-state index contributed by atoms with van der Waals surface area (Å²) in [4.78, 5) is 18.5. The van der Waals surface area contributed by atoms with Crippen LogP contribution in [0.1, 0.15) is 0 Å². The first-order valence-corrected chi connectivity index (χ1v) is 3.17. The van der Waals surface area contributed by atoms with Crippen LogP contribution >= 0.6 is 23.2 Å². The van der Waals surface area contributed by atoms with Crippen molar-refractivity contribution in [2.45, 2.75) is 0 Å². The molecule has 0 aromatic rings. The standard InChI is InChI=1S/2C2H3ClO2.Co.4H3N/c2*3-1-2(4)5;;;;;/h2*1H2,(H,4,5);;4*1H3. The van der Waals surface area contributed by atoms with Gasteiger partial charge in [0.05, 0.1) is 0 Å². The molecule has 101 valence electrons. The van der Waals surface area contributed by atoms with Crippen molar-refractivity contribution in [3.8, 4) is 0 Å². The van der Waals surface area contributed by atoms with Crippen molar-refractivity contribution in [1.82, 2.24) is 24.6 Å². The smallest absolute Gasteiger partial charge is 0.318 e. The molecule has 0 aliphatic heterocycles. The third-order valence-electron chi connectivity index (χ3n) is 0.229. The van der Waals surface area contributed by atoms with E-state index in [1.54, 1.807) is 0 Å². The van der Waals surface area contributed by atoms with E-state index in [-0.39, 0.29) is 53.1 Å². The molecule has 0 aliphatic carbocycles. The maximum Gasteiger partial charge on any atom is 0.318 e. The Labute approximate surface area is 108 Å². The largest absolute Gasteiger partial charge is 0.480 e. The summed E-state index contributed by atoms with van der Waals surface area (Å²) in [7, 11) is 0. The number of aliphatic carboxylic acids is 2. The van der Waals surface area contributed by atoms with E-state index in [1.165, 1.54) is 0 Å². The van der Waals surface area contributed by atoms with Crippen LogP contribution in [-0.2, 0) is 26.4 Å². The quantitative estimate of drug-likeness (QED) is 0.406. The van der Waals surface area contributed by atoms with Gasteiger partial charge in [0.1, 0.15) is 11.8 Å². The minimum absolute atomic E-state index is 0. The fourth-order valence-corrected chi connectivity index (χ4v) is 0. The Morgan fingerprint density at radius 1 is 0.800 bits per heavy atom. The van der Waals surface area contributed by atoms with Crippen LogP contribution in [0.15, 0.2) is 0 Å². The second kappa shape index (κ2) is 37.1. The Morgan fingerprint density at radius 3 is 0.867 bits per heavy atom. The van der Waals surface area contributed by atoms with E-state index in [0.29, 0.717) is 0 Å². The molecule has 15 heavy (non-hydrogen) atoms. The van der Waals surface area contributed by atoms with Crippen LogP contribution in [0.25, 0.3) is 0 Å². The summed E-state index contributed by atoms with van der Waals surface area (Å²) in [6.45, 7) is 0. The second-order valence-corrected chi connectivity index (χ2v) is 1.59. The van der Waals surface area contributed by atoms with Crippen LogP contribution < -0.4 is 24.6 Å². The van der Waals surface area contributed by atoms with Crippen LogP contribution in [0, 0.1) is 0 Å². The number of hydrogen-bond acceptors (Lipinski definition) is 6. The van der Waals surface area contributed by atoms with E-state index in [2.05, 4.69) is 0 Å². The Kier molecular flexibility index (Phi) is 114. The fraction of sp³-hybridized carbons (Fsp3) is 0.500. The van der Waals surface area contributed by atoms with Crippen molar-refractivity contribution >= 4 is 35.1 Å². The van der Waals surface area contributed by atoms with Gasteiger partial charge in [-0.1, -0.05) is 0 Å². The Hall–Kier alpha value is -0.134. The molecule has 0 unspecified atom stereocenters. The first-order chi connectivity index (χ1) is 4.54. The van der Waals surface area contributed by atoms with E-state index >= 15 is 0 Å². The molecule has 0 heterocycles. The first kappa shape index (κ1) is 46.2. The van der Waals surface area contributed by atoms with Crippen LogP contribution in [0.2, 0.25) is 0 Å². The van der Waals surface area contributed by atoms with E-state index in [4.69, 9.17) is 33.4 Å². The molecule has 11 heteroatoms. The van der Waals surface area contributed by atoms with Crippen molar-refractivity contribution in [3.63, 3.8) is 0 Å². The molecular formula is C4H18Cl2CoN4O4. The number of carbonyl (C=O) groups is 2. The molecule has 0 atom stereocenters.